The molecule has 7 heteroatoms. The summed E-state index contributed by atoms with van der Waals surface area (Å²) in [6.07, 6.45) is 0. The zero-order chi connectivity index (χ0) is 17.1. The second kappa shape index (κ2) is 7.21. The van der Waals surface area contributed by atoms with Crippen LogP contribution in [0.5, 0.6) is 5.75 Å². The van der Waals surface area contributed by atoms with Crippen LogP contribution < -0.4 is 9.64 Å². The summed E-state index contributed by atoms with van der Waals surface area (Å²) in [7, 11) is 1.39. The Kier molecular flexibility index (Phi) is 5.51. The van der Waals surface area contributed by atoms with Crippen LogP contribution in [0.2, 0.25) is 0 Å². The third-order valence-electron chi connectivity index (χ3n) is 3.74. The molecule has 126 valence electrons. The van der Waals surface area contributed by atoms with Crippen molar-refractivity contribution in [2.24, 2.45) is 0 Å². The van der Waals surface area contributed by atoms with E-state index in [0.29, 0.717) is 17.3 Å². The smallest absolute Gasteiger partial charge is 0.250 e. The molecule has 1 fully saturated rings. The predicted octanol–water partition coefficient (Wildman–Crippen LogP) is 2.50. The Hall–Kier alpha value is -1.76. The van der Waals surface area contributed by atoms with Crippen LogP contribution in [0.1, 0.15) is 20.8 Å². The number of rotatable bonds is 4. The van der Waals surface area contributed by atoms with E-state index < -0.39 is 11.9 Å². The van der Waals surface area contributed by atoms with Gasteiger partial charge in [-0.2, -0.15) is 0 Å². The second-order valence-corrected chi connectivity index (χ2v) is 6.63. The lowest BCUT2D eigenvalue weighted by Crippen LogP contribution is -2.50. The van der Waals surface area contributed by atoms with Gasteiger partial charge in [-0.1, -0.05) is 0 Å². The zero-order valence-electron chi connectivity index (χ0n) is 13.7. The molecular weight excluding hydrogens is 319 g/mol. The third-order valence-corrected chi connectivity index (χ3v) is 4.75. The monoisotopic (exact) mass is 340 g/mol. The van der Waals surface area contributed by atoms with Crippen molar-refractivity contribution in [3.05, 3.63) is 24.0 Å². The van der Waals surface area contributed by atoms with E-state index in [1.807, 2.05) is 13.8 Å². The van der Waals surface area contributed by atoms with Crippen molar-refractivity contribution in [3.63, 3.8) is 0 Å². The number of benzene rings is 1. The van der Waals surface area contributed by atoms with Gasteiger partial charge in [0.25, 0.3) is 5.91 Å². The van der Waals surface area contributed by atoms with Crippen molar-refractivity contribution >= 4 is 29.3 Å². The maximum Gasteiger partial charge on any atom is 0.250 e. The van der Waals surface area contributed by atoms with E-state index >= 15 is 0 Å². The summed E-state index contributed by atoms with van der Waals surface area (Å²) in [5.41, 5.74) is 0.462. The minimum atomic E-state index is -0.521. The van der Waals surface area contributed by atoms with Crippen LogP contribution in [-0.4, -0.2) is 47.5 Å². The van der Waals surface area contributed by atoms with E-state index in [2.05, 4.69) is 0 Å². The lowest BCUT2D eigenvalue weighted by Gasteiger charge is -2.32. The molecule has 1 aliphatic rings. The predicted molar refractivity (Wildman–Crippen MR) is 89.2 cm³/mol. The highest BCUT2D eigenvalue weighted by atomic mass is 32.2. The van der Waals surface area contributed by atoms with Gasteiger partial charge in [0.15, 0.2) is 11.6 Å². The topological polar surface area (TPSA) is 49.9 Å². The SMILES string of the molecule is COc1ccc(N(C(=O)C2CSCN2C(C)=O)C(C)C)cc1F. The molecule has 1 atom stereocenters. The molecule has 0 N–H and O–H groups in total. The van der Waals surface area contributed by atoms with E-state index in [1.54, 1.807) is 22.7 Å². The lowest BCUT2D eigenvalue weighted by molar-refractivity contribution is -0.135. The van der Waals surface area contributed by atoms with Crippen LogP contribution in [0.25, 0.3) is 0 Å². The molecule has 0 aliphatic carbocycles. The molecule has 0 aromatic heterocycles. The maximum absolute atomic E-state index is 14.0. The number of carbonyl (C=O) groups excluding carboxylic acids is 2. The maximum atomic E-state index is 14.0. The molecule has 23 heavy (non-hydrogen) atoms. The highest BCUT2D eigenvalue weighted by Crippen LogP contribution is 2.29. The quantitative estimate of drug-likeness (QED) is 0.845. The molecule has 1 aromatic rings. The van der Waals surface area contributed by atoms with Gasteiger partial charge in [-0.05, 0) is 26.0 Å². The molecule has 2 rings (SSSR count). The Labute approximate surface area is 139 Å². The molecule has 0 spiro atoms. The molecule has 1 aromatic carbocycles. The van der Waals surface area contributed by atoms with Gasteiger partial charge in [0, 0.05) is 30.5 Å². The number of hydrogen-bond donors (Lipinski definition) is 0. The summed E-state index contributed by atoms with van der Waals surface area (Å²) >= 11 is 1.54. The molecule has 2 amide bonds. The number of ether oxygens (including phenoxy) is 1. The van der Waals surface area contributed by atoms with Crippen molar-refractivity contribution in [2.45, 2.75) is 32.9 Å². The number of thioether (sulfide) groups is 1. The summed E-state index contributed by atoms with van der Waals surface area (Å²) in [6.45, 7) is 5.18. The van der Waals surface area contributed by atoms with Crippen molar-refractivity contribution in [3.8, 4) is 5.75 Å². The Morgan fingerprint density at radius 1 is 1.43 bits per heavy atom. The first-order valence-electron chi connectivity index (χ1n) is 7.38. The molecule has 1 aliphatic heterocycles. The summed E-state index contributed by atoms with van der Waals surface area (Å²) in [6, 6.07) is 3.77. The minimum absolute atomic E-state index is 0.127. The number of halogens is 1. The highest BCUT2D eigenvalue weighted by molar-refractivity contribution is 7.99. The second-order valence-electron chi connectivity index (χ2n) is 5.63. The first kappa shape index (κ1) is 17.6. The van der Waals surface area contributed by atoms with Crippen LogP contribution in [0, 0.1) is 5.82 Å². The van der Waals surface area contributed by atoms with Gasteiger partial charge in [0.1, 0.15) is 6.04 Å². The summed E-state index contributed by atoms with van der Waals surface area (Å²) < 4.78 is 18.9. The van der Waals surface area contributed by atoms with Crippen LogP contribution in [0.4, 0.5) is 10.1 Å². The zero-order valence-corrected chi connectivity index (χ0v) is 14.5. The van der Waals surface area contributed by atoms with Gasteiger partial charge in [0.05, 0.1) is 13.0 Å². The Balaban J connectivity index is 2.33. The normalized spacial score (nSPS) is 17.5. The van der Waals surface area contributed by atoms with Crippen LogP contribution in [0.15, 0.2) is 18.2 Å². The summed E-state index contributed by atoms with van der Waals surface area (Å²) in [5.74, 6) is 0.358. The van der Waals surface area contributed by atoms with E-state index in [0.717, 1.165) is 0 Å². The fraction of sp³-hybridized carbons (Fsp3) is 0.500. The fourth-order valence-corrected chi connectivity index (χ4v) is 3.81. The number of nitrogens with zero attached hydrogens (tertiary/aromatic N) is 2. The number of amides is 2. The van der Waals surface area contributed by atoms with E-state index in [-0.39, 0.29) is 23.6 Å². The minimum Gasteiger partial charge on any atom is -0.494 e. The first-order valence-corrected chi connectivity index (χ1v) is 8.53. The van der Waals surface area contributed by atoms with Crippen LogP contribution in [-0.2, 0) is 9.59 Å². The molecule has 0 radical (unpaired) electrons. The number of anilines is 1. The van der Waals surface area contributed by atoms with Gasteiger partial charge in [-0.15, -0.1) is 11.8 Å². The standard InChI is InChI=1S/C16H21FN2O3S/c1-10(2)19(12-5-6-15(22-4)13(17)7-12)16(21)14-8-23-9-18(14)11(3)20/h5-7,10,14H,8-9H2,1-4H3. The molecule has 1 saturated heterocycles. The highest BCUT2D eigenvalue weighted by Gasteiger charge is 2.37. The summed E-state index contributed by atoms with van der Waals surface area (Å²) in [4.78, 5) is 27.7. The Morgan fingerprint density at radius 3 is 2.65 bits per heavy atom. The van der Waals surface area contributed by atoms with E-state index in [9.17, 15) is 14.0 Å². The van der Waals surface area contributed by atoms with Gasteiger partial charge < -0.3 is 14.5 Å². The van der Waals surface area contributed by atoms with Crippen molar-refractivity contribution in [1.29, 1.82) is 0 Å². The average molecular weight is 340 g/mol. The van der Waals surface area contributed by atoms with Crippen molar-refractivity contribution in [1.82, 2.24) is 4.90 Å². The van der Waals surface area contributed by atoms with Gasteiger partial charge in [0.2, 0.25) is 5.91 Å². The third kappa shape index (κ3) is 3.60. The van der Waals surface area contributed by atoms with E-state index in [1.165, 1.54) is 31.1 Å². The first-order chi connectivity index (χ1) is 10.9. The lowest BCUT2D eigenvalue weighted by atomic mass is 10.1. The Morgan fingerprint density at radius 2 is 2.13 bits per heavy atom. The summed E-state index contributed by atoms with van der Waals surface area (Å²) in [5, 5.41) is 0. The van der Waals surface area contributed by atoms with E-state index in [4.69, 9.17) is 4.74 Å². The van der Waals surface area contributed by atoms with Crippen LogP contribution in [0.3, 0.4) is 0 Å². The van der Waals surface area contributed by atoms with Gasteiger partial charge >= 0.3 is 0 Å². The molecular formula is C16H21FN2O3S. The number of methoxy groups -OCH3 is 1. The number of hydrogen-bond acceptors (Lipinski definition) is 4. The molecule has 0 bridgehead atoms. The molecule has 1 heterocycles. The number of carbonyl (C=O) groups is 2. The fourth-order valence-electron chi connectivity index (χ4n) is 2.60. The van der Waals surface area contributed by atoms with Crippen LogP contribution >= 0.6 is 11.8 Å². The van der Waals surface area contributed by atoms with Gasteiger partial charge in [-0.25, -0.2) is 4.39 Å². The molecule has 1 unspecified atom stereocenters. The van der Waals surface area contributed by atoms with Crippen molar-refractivity contribution < 1.29 is 18.7 Å². The molecule has 5 nitrogen and oxygen atoms in total. The Bertz CT molecular complexity index is 609. The largest absolute Gasteiger partial charge is 0.494 e. The van der Waals surface area contributed by atoms with Gasteiger partial charge in [-0.3, -0.25) is 9.59 Å². The molecule has 0 saturated carbocycles. The van der Waals surface area contributed by atoms with Crippen molar-refractivity contribution in [2.75, 3.05) is 23.6 Å². The average Bonchev–Trinajstić information content (AvgIpc) is 2.96.